The van der Waals surface area contributed by atoms with Gasteiger partial charge in [-0.2, -0.15) is 0 Å². The highest BCUT2D eigenvalue weighted by molar-refractivity contribution is 14.1. The van der Waals surface area contributed by atoms with Gasteiger partial charge in [-0.25, -0.2) is 0 Å². The molecule has 0 spiro atoms. The molecular formula is C21H24IN3O2. The van der Waals surface area contributed by atoms with Gasteiger partial charge < -0.3 is 10.2 Å². The molecule has 142 valence electrons. The Morgan fingerprint density at radius 3 is 2.37 bits per heavy atom. The van der Waals surface area contributed by atoms with Crippen LogP contribution in [0.25, 0.3) is 0 Å². The molecule has 2 amide bonds. The van der Waals surface area contributed by atoms with E-state index in [9.17, 15) is 9.59 Å². The van der Waals surface area contributed by atoms with Gasteiger partial charge in [0.15, 0.2) is 0 Å². The molecule has 1 aliphatic heterocycles. The lowest BCUT2D eigenvalue weighted by atomic mass is 10.1. The highest BCUT2D eigenvalue weighted by Crippen LogP contribution is 2.17. The van der Waals surface area contributed by atoms with Crippen molar-refractivity contribution in [2.75, 3.05) is 38.0 Å². The highest BCUT2D eigenvalue weighted by atomic mass is 127. The van der Waals surface area contributed by atoms with Crippen molar-refractivity contribution in [1.82, 2.24) is 9.80 Å². The Labute approximate surface area is 173 Å². The molecule has 0 bridgehead atoms. The van der Waals surface area contributed by atoms with Gasteiger partial charge in [0.25, 0.3) is 5.91 Å². The number of hydrogen-bond acceptors (Lipinski definition) is 3. The monoisotopic (exact) mass is 477 g/mol. The van der Waals surface area contributed by atoms with Crippen LogP contribution in [0.15, 0.2) is 48.5 Å². The van der Waals surface area contributed by atoms with E-state index in [0.717, 1.165) is 26.8 Å². The molecule has 0 aromatic heterocycles. The lowest BCUT2D eigenvalue weighted by Gasteiger charge is -2.34. The van der Waals surface area contributed by atoms with Crippen LogP contribution in [-0.4, -0.2) is 54.3 Å². The Balaban J connectivity index is 1.51. The van der Waals surface area contributed by atoms with E-state index in [4.69, 9.17) is 0 Å². The molecule has 1 aliphatic rings. The minimum absolute atomic E-state index is 0.00622. The zero-order valence-electron chi connectivity index (χ0n) is 15.5. The average Bonchev–Trinajstić information content (AvgIpc) is 2.69. The third kappa shape index (κ3) is 5.07. The quantitative estimate of drug-likeness (QED) is 0.673. The molecule has 1 N–H and O–H groups in total. The van der Waals surface area contributed by atoms with Crippen LogP contribution in [0, 0.1) is 3.57 Å². The highest BCUT2D eigenvalue weighted by Gasteiger charge is 2.24. The number of benzene rings is 2. The zero-order valence-corrected chi connectivity index (χ0v) is 17.6. The molecule has 3 rings (SSSR count). The van der Waals surface area contributed by atoms with E-state index >= 15 is 0 Å². The van der Waals surface area contributed by atoms with Crippen molar-refractivity contribution >= 4 is 40.1 Å². The fraction of sp³-hybridized carbons (Fsp3) is 0.333. The molecule has 2 aromatic carbocycles. The van der Waals surface area contributed by atoms with Crippen molar-refractivity contribution in [2.24, 2.45) is 0 Å². The fourth-order valence-corrected chi connectivity index (χ4v) is 3.88. The van der Waals surface area contributed by atoms with E-state index in [1.54, 1.807) is 0 Å². The standard InChI is InChI=1S/C21H24IN3O2/c1-2-16-7-3-6-10-19(16)23-20(26)15-24-11-13-25(14-12-24)21(27)17-8-4-5-9-18(17)22/h3-10H,2,11-15H2,1H3,(H,23,26). The fourth-order valence-electron chi connectivity index (χ4n) is 3.26. The van der Waals surface area contributed by atoms with Crippen molar-refractivity contribution < 1.29 is 9.59 Å². The van der Waals surface area contributed by atoms with E-state index in [2.05, 4.69) is 39.7 Å². The van der Waals surface area contributed by atoms with E-state index in [1.807, 2.05) is 53.4 Å². The molecule has 27 heavy (non-hydrogen) atoms. The van der Waals surface area contributed by atoms with E-state index in [1.165, 1.54) is 0 Å². The predicted molar refractivity (Wildman–Crippen MR) is 116 cm³/mol. The molecule has 1 fully saturated rings. The number of carbonyl (C=O) groups excluding carboxylic acids is 2. The van der Waals surface area contributed by atoms with Crippen LogP contribution in [0.3, 0.4) is 0 Å². The smallest absolute Gasteiger partial charge is 0.255 e. The van der Waals surface area contributed by atoms with E-state index in [-0.39, 0.29) is 11.8 Å². The molecule has 5 nitrogen and oxygen atoms in total. The molecular weight excluding hydrogens is 453 g/mol. The Morgan fingerprint density at radius 1 is 1.00 bits per heavy atom. The summed E-state index contributed by atoms with van der Waals surface area (Å²) in [6.07, 6.45) is 0.884. The summed E-state index contributed by atoms with van der Waals surface area (Å²) in [5.41, 5.74) is 2.77. The molecule has 0 saturated carbocycles. The second-order valence-electron chi connectivity index (χ2n) is 6.61. The summed E-state index contributed by atoms with van der Waals surface area (Å²) >= 11 is 2.20. The Bertz CT molecular complexity index is 817. The number of halogens is 1. The van der Waals surface area contributed by atoms with Crippen molar-refractivity contribution in [3.8, 4) is 0 Å². The van der Waals surface area contributed by atoms with Gasteiger partial charge in [-0.15, -0.1) is 0 Å². The number of aryl methyl sites for hydroxylation is 1. The number of hydrogen-bond donors (Lipinski definition) is 1. The molecule has 1 heterocycles. The number of piperazine rings is 1. The molecule has 0 aliphatic carbocycles. The Hall–Kier alpha value is -1.93. The van der Waals surface area contributed by atoms with Crippen LogP contribution in [-0.2, 0) is 11.2 Å². The van der Waals surface area contributed by atoms with Crippen molar-refractivity contribution in [3.63, 3.8) is 0 Å². The lowest BCUT2D eigenvalue weighted by Crippen LogP contribution is -2.50. The van der Waals surface area contributed by atoms with Gasteiger partial charge in [-0.05, 0) is 52.8 Å². The number of nitrogens with zero attached hydrogens (tertiary/aromatic N) is 2. The number of nitrogens with one attached hydrogen (secondary N) is 1. The maximum absolute atomic E-state index is 12.7. The first-order valence-electron chi connectivity index (χ1n) is 9.22. The first-order valence-corrected chi connectivity index (χ1v) is 10.3. The topological polar surface area (TPSA) is 52.7 Å². The summed E-state index contributed by atoms with van der Waals surface area (Å²) in [6, 6.07) is 15.5. The minimum Gasteiger partial charge on any atom is -0.336 e. The normalized spacial score (nSPS) is 14.8. The summed E-state index contributed by atoms with van der Waals surface area (Å²) < 4.78 is 0.969. The molecule has 0 unspecified atom stereocenters. The first kappa shape index (κ1) is 19.8. The van der Waals surface area contributed by atoms with E-state index < -0.39 is 0 Å². The number of carbonyl (C=O) groups is 2. The molecule has 0 atom stereocenters. The molecule has 0 radical (unpaired) electrons. The van der Waals surface area contributed by atoms with Crippen LogP contribution in [0.4, 0.5) is 5.69 Å². The van der Waals surface area contributed by atoms with Gasteiger partial charge in [0.1, 0.15) is 0 Å². The third-order valence-electron chi connectivity index (χ3n) is 4.80. The molecule has 6 heteroatoms. The maximum Gasteiger partial charge on any atom is 0.255 e. The summed E-state index contributed by atoms with van der Waals surface area (Å²) in [5.74, 6) is 0.0641. The van der Waals surface area contributed by atoms with Gasteiger partial charge >= 0.3 is 0 Å². The Morgan fingerprint density at radius 2 is 1.67 bits per heavy atom. The van der Waals surface area contributed by atoms with Crippen LogP contribution in [0.2, 0.25) is 0 Å². The van der Waals surface area contributed by atoms with Crippen LogP contribution in [0.1, 0.15) is 22.8 Å². The van der Waals surface area contributed by atoms with Crippen LogP contribution < -0.4 is 5.32 Å². The van der Waals surface area contributed by atoms with Gasteiger partial charge in [-0.1, -0.05) is 37.3 Å². The van der Waals surface area contributed by atoms with Gasteiger partial charge in [0.05, 0.1) is 12.1 Å². The summed E-state index contributed by atoms with van der Waals surface area (Å²) in [6.45, 7) is 5.12. The number of amides is 2. The van der Waals surface area contributed by atoms with Gasteiger partial charge in [0.2, 0.25) is 5.91 Å². The zero-order chi connectivity index (χ0) is 19.2. The van der Waals surface area contributed by atoms with E-state index in [0.29, 0.717) is 32.7 Å². The van der Waals surface area contributed by atoms with Crippen molar-refractivity contribution in [1.29, 1.82) is 0 Å². The summed E-state index contributed by atoms with van der Waals surface area (Å²) in [4.78, 5) is 29.1. The summed E-state index contributed by atoms with van der Waals surface area (Å²) in [5, 5.41) is 3.01. The largest absolute Gasteiger partial charge is 0.336 e. The third-order valence-corrected chi connectivity index (χ3v) is 5.74. The molecule has 2 aromatic rings. The Kier molecular flexibility index (Phi) is 6.84. The first-order chi connectivity index (χ1) is 13.1. The number of para-hydroxylation sites is 1. The number of rotatable bonds is 5. The van der Waals surface area contributed by atoms with Crippen LogP contribution >= 0.6 is 22.6 Å². The lowest BCUT2D eigenvalue weighted by molar-refractivity contribution is -0.117. The van der Waals surface area contributed by atoms with Crippen molar-refractivity contribution in [2.45, 2.75) is 13.3 Å². The predicted octanol–water partition coefficient (Wildman–Crippen LogP) is 3.25. The second-order valence-corrected chi connectivity index (χ2v) is 7.77. The molecule has 1 saturated heterocycles. The van der Waals surface area contributed by atoms with Crippen molar-refractivity contribution in [3.05, 3.63) is 63.2 Å². The average molecular weight is 477 g/mol. The van der Waals surface area contributed by atoms with Crippen LogP contribution in [0.5, 0.6) is 0 Å². The maximum atomic E-state index is 12.7. The minimum atomic E-state index is -0.00622. The number of anilines is 1. The SMILES string of the molecule is CCc1ccccc1NC(=O)CN1CCN(C(=O)c2ccccc2I)CC1. The van der Waals surface area contributed by atoms with Gasteiger partial charge in [-0.3, -0.25) is 14.5 Å². The van der Waals surface area contributed by atoms with Gasteiger partial charge in [0, 0.05) is 35.4 Å². The summed E-state index contributed by atoms with van der Waals surface area (Å²) in [7, 11) is 0. The second kappa shape index (κ2) is 9.32.